The zero-order chi connectivity index (χ0) is 14.5. The molecule has 0 spiro atoms. The highest BCUT2D eigenvalue weighted by atomic mass is 16.1. The van der Waals surface area contributed by atoms with Gasteiger partial charge in [-0.2, -0.15) is 5.10 Å². The molecule has 3 N–H and O–H groups in total. The average Bonchev–Trinajstić information content (AvgIpc) is 2.89. The van der Waals surface area contributed by atoms with Gasteiger partial charge in [0.15, 0.2) is 5.82 Å². The second-order valence-corrected chi connectivity index (χ2v) is 4.82. The first kappa shape index (κ1) is 14.2. The molecule has 0 aliphatic carbocycles. The summed E-state index contributed by atoms with van der Waals surface area (Å²) in [5, 5.41) is 12.8. The Hall–Kier alpha value is -2.21. The van der Waals surface area contributed by atoms with E-state index in [4.69, 9.17) is 0 Å². The topological polar surface area (TPSA) is 82.7 Å². The molecule has 2 aromatic rings. The molecular formula is C14H19N5O. The predicted molar refractivity (Wildman–Crippen MR) is 78.5 cm³/mol. The highest BCUT2D eigenvalue weighted by Gasteiger charge is 2.13. The number of carbonyl (C=O) groups excluding carboxylic acids is 1. The number of rotatable bonds is 5. The molecule has 1 heterocycles. The first-order chi connectivity index (χ1) is 9.61. The number of amides is 1. The number of carbonyl (C=O) groups is 1. The molecule has 0 saturated carbocycles. The summed E-state index contributed by atoms with van der Waals surface area (Å²) in [5.74, 6) is 1.60. The number of nitrogens with one attached hydrogen (secondary N) is 3. The van der Waals surface area contributed by atoms with E-state index in [1.807, 2.05) is 38.1 Å². The minimum Gasteiger partial charge on any atom is -0.324 e. The summed E-state index contributed by atoms with van der Waals surface area (Å²) in [6.45, 7) is 4.36. The van der Waals surface area contributed by atoms with Crippen LogP contribution in [0.5, 0.6) is 0 Å². The molecule has 0 unspecified atom stereocenters. The van der Waals surface area contributed by atoms with E-state index in [0.29, 0.717) is 11.5 Å². The molecule has 0 radical (unpaired) electrons. The maximum Gasteiger partial charge on any atom is 0.238 e. The number of likely N-dealkylation sites (N-methyl/N-ethyl adjacent to an activating group) is 1. The molecule has 1 amide bonds. The molecule has 0 aliphatic rings. The number of hydrogen-bond acceptors (Lipinski definition) is 4. The summed E-state index contributed by atoms with van der Waals surface area (Å²) < 4.78 is 0. The number of anilines is 1. The van der Waals surface area contributed by atoms with Gasteiger partial charge in [-0.1, -0.05) is 26.0 Å². The highest BCUT2D eigenvalue weighted by Crippen LogP contribution is 2.25. The summed E-state index contributed by atoms with van der Waals surface area (Å²) in [5.41, 5.74) is 1.52. The molecule has 1 aromatic carbocycles. The molecule has 6 nitrogen and oxygen atoms in total. The molecule has 6 heteroatoms. The van der Waals surface area contributed by atoms with Crippen molar-refractivity contribution in [1.29, 1.82) is 0 Å². The highest BCUT2D eigenvalue weighted by molar-refractivity contribution is 5.95. The predicted octanol–water partition coefficient (Wildman–Crippen LogP) is 1.75. The minimum absolute atomic E-state index is 0.0976. The van der Waals surface area contributed by atoms with Gasteiger partial charge in [-0.25, -0.2) is 4.98 Å². The van der Waals surface area contributed by atoms with Gasteiger partial charge in [0, 0.05) is 11.5 Å². The van der Waals surface area contributed by atoms with Crippen LogP contribution in [-0.4, -0.2) is 34.7 Å². The molecule has 0 saturated heterocycles. The summed E-state index contributed by atoms with van der Waals surface area (Å²) >= 11 is 0. The van der Waals surface area contributed by atoms with Crippen LogP contribution in [-0.2, 0) is 4.79 Å². The number of para-hydroxylation sites is 1. The maximum atomic E-state index is 11.7. The van der Waals surface area contributed by atoms with Gasteiger partial charge in [-0.05, 0) is 19.2 Å². The smallest absolute Gasteiger partial charge is 0.238 e. The van der Waals surface area contributed by atoms with E-state index in [0.717, 1.165) is 11.4 Å². The van der Waals surface area contributed by atoms with Crippen LogP contribution in [0.4, 0.5) is 5.69 Å². The summed E-state index contributed by atoms with van der Waals surface area (Å²) in [7, 11) is 1.73. The SMILES string of the molecule is CNCC(=O)Nc1ccccc1-c1n[nH]c(C(C)C)n1. The van der Waals surface area contributed by atoms with Gasteiger partial charge in [0.1, 0.15) is 5.82 Å². The lowest BCUT2D eigenvalue weighted by atomic mass is 10.1. The van der Waals surface area contributed by atoms with E-state index in [-0.39, 0.29) is 18.4 Å². The summed E-state index contributed by atoms with van der Waals surface area (Å²) in [4.78, 5) is 16.1. The fourth-order valence-corrected chi connectivity index (χ4v) is 1.80. The first-order valence-electron chi connectivity index (χ1n) is 6.58. The lowest BCUT2D eigenvalue weighted by Crippen LogP contribution is -2.25. The van der Waals surface area contributed by atoms with Crippen molar-refractivity contribution in [2.45, 2.75) is 19.8 Å². The minimum atomic E-state index is -0.0976. The number of aromatic amines is 1. The zero-order valence-corrected chi connectivity index (χ0v) is 11.9. The third-order valence-corrected chi connectivity index (χ3v) is 2.83. The largest absolute Gasteiger partial charge is 0.324 e. The normalized spacial score (nSPS) is 10.8. The van der Waals surface area contributed by atoms with Crippen molar-refractivity contribution in [2.24, 2.45) is 0 Å². The van der Waals surface area contributed by atoms with Crippen LogP contribution in [0.25, 0.3) is 11.4 Å². The number of nitrogens with zero attached hydrogens (tertiary/aromatic N) is 2. The number of aromatic nitrogens is 3. The van der Waals surface area contributed by atoms with Gasteiger partial charge in [0.25, 0.3) is 0 Å². The summed E-state index contributed by atoms with van der Waals surface area (Å²) in [6, 6.07) is 7.50. The Morgan fingerprint density at radius 1 is 1.35 bits per heavy atom. The van der Waals surface area contributed by atoms with Crippen molar-refractivity contribution in [3.8, 4) is 11.4 Å². The Morgan fingerprint density at radius 2 is 2.10 bits per heavy atom. The van der Waals surface area contributed by atoms with Crippen molar-refractivity contribution in [3.63, 3.8) is 0 Å². The molecule has 2 rings (SSSR count). The maximum absolute atomic E-state index is 11.7. The Labute approximate surface area is 118 Å². The van der Waals surface area contributed by atoms with Gasteiger partial charge in [0.2, 0.25) is 5.91 Å². The lowest BCUT2D eigenvalue weighted by molar-refractivity contribution is -0.115. The Balaban J connectivity index is 2.29. The first-order valence-corrected chi connectivity index (χ1v) is 6.58. The van der Waals surface area contributed by atoms with E-state index < -0.39 is 0 Å². The molecule has 106 valence electrons. The van der Waals surface area contributed by atoms with Crippen molar-refractivity contribution < 1.29 is 4.79 Å². The monoisotopic (exact) mass is 273 g/mol. The third kappa shape index (κ3) is 3.21. The van der Waals surface area contributed by atoms with Crippen molar-refractivity contribution in [3.05, 3.63) is 30.1 Å². The van der Waals surface area contributed by atoms with Crippen LogP contribution in [0.2, 0.25) is 0 Å². The van der Waals surface area contributed by atoms with Crippen molar-refractivity contribution in [2.75, 3.05) is 18.9 Å². The Morgan fingerprint density at radius 3 is 2.75 bits per heavy atom. The van der Waals surface area contributed by atoms with E-state index in [1.165, 1.54) is 0 Å². The van der Waals surface area contributed by atoms with Gasteiger partial charge in [0.05, 0.1) is 12.2 Å². The van der Waals surface area contributed by atoms with Crippen molar-refractivity contribution >= 4 is 11.6 Å². The van der Waals surface area contributed by atoms with Crippen molar-refractivity contribution in [1.82, 2.24) is 20.5 Å². The fraction of sp³-hybridized carbons (Fsp3) is 0.357. The van der Waals surface area contributed by atoms with E-state index in [2.05, 4.69) is 25.8 Å². The lowest BCUT2D eigenvalue weighted by Gasteiger charge is -2.08. The molecule has 0 atom stereocenters. The van der Waals surface area contributed by atoms with Gasteiger partial charge in [-0.3, -0.25) is 9.89 Å². The van der Waals surface area contributed by atoms with Crippen LogP contribution in [0, 0.1) is 0 Å². The van der Waals surface area contributed by atoms with Crippen LogP contribution < -0.4 is 10.6 Å². The molecule has 0 bridgehead atoms. The van der Waals surface area contributed by atoms with Crippen LogP contribution >= 0.6 is 0 Å². The molecule has 20 heavy (non-hydrogen) atoms. The molecule has 0 fully saturated rings. The molecular weight excluding hydrogens is 254 g/mol. The molecule has 1 aromatic heterocycles. The Kier molecular flexibility index (Phi) is 4.47. The van der Waals surface area contributed by atoms with Gasteiger partial charge >= 0.3 is 0 Å². The average molecular weight is 273 g/mol. The summed E-state index contributed by atoms with van der Waals surface area (Å²) in [6.07, 6.45) is 0. The van der Waals surface area contributed by atoms with E-state index >= 15 is 0 Å². The second-order valence-electron chi connectivity index (χ2n) is 4.82. The Bertz CT molecular complexity index is 591. The van der Waals surface area contributed by atoms with Gasteiger partial charge in [-0.15, -0.1) is 0 Å². The van der Waals surface area contributed by atoms with Crippen LogP contribution in [0.15, 0.2) is 24.3 Å². The quantitative estimate of drug-likeness (QED) is 0.775. The van der Waals surface area contributed by atoms with E-state index in [1.54, 1.807) is 7.05 Å². The van der Waals surface area contributed by atoms with Crippen LogP contribution in [0.1, 0.15) is 25.6 Å². The fourth-order valence-electron chi connectivity index (χ4n) is 1.80. The number of hydrogen-bond donors (Lipinski definition) is 3. The number of H-pyrrole nitrogens is 1. The zero-order valence-electron chi connectivity index (χ0n) is 11.9. The number of benzene rings is 1. The standard InChI is InChI=1S/C14H19N5O/c1-9(2)13-17-14(19-18-13)10-6-4-5-7-11(10)16-12(20)8-15-3/h4-7,9,15H,8H2,1-3H3,(H,16,20)(H,17,18,19). The molecule has 0 aliphatic heterocycles. The van der Waals surface area contributed by atoms with E-state index in [9.17, 15) is 4.79 Å². The van der Waals surface area contributed by atoms with Gasteiger partial charge < -0.3 is 10.6 Å². The third-order valence-electron chi connectivity index (χ3n) is 2.83. The van der Waals surface area contributed by atoms with Crippen LogP contribution in [0.3, 0.4) is 0 Å². The second kappa shape index (κ2) is 6.29.